The van der Waals surface area contributed by atoms with Crippen molar-refractivity contribution < 1.29 is 9.47 Å². The molecule has 0 amide bonds. The predicted octanol–water partition coefficient (Wildman–Crippen LogP) is 2.19. The third-order valence-electron chi connectivity index (χ3n) is 3.32. The minimum absolute atomic E-state index is 0.299. The molecule has 0 aliphatic rings. The van der Waals surface area contributed by atoms with Crippen LogP contribution in [0, 0.1) is 0 Å². The van der Waals surface area contributed by atoms with Gasteiger partial charge in [0.25, 0.3) is 0 Å². The number of aromatic nitrogens is 2. The van der Waals surface area contributed by atoms with Crippen LogP contribution in [-0.2, 0) is 9.47 Å². The quantitative estimate of drug-likeness (QED) is 0.719. The van der Waals surface area contributed by atoms with E-state index in [1.807, 2.05) is 10.8 Å². The molecular formula is C16H23N3O2. The van der Waals surface area contributed by atoms with Crippen LogP contribution in [0.2, 0.25) is 0 Å². The van der Waals surface area contributed by atoms with E-state index in [2.05, 4.69) is 41.5 Å². The summed E-state index contributed by atoms with van der Waals surface area (Å²) in [5.41, 5.74) is 2.38. The van der Waals surface area contributed by atoms with Crippen molar-refractivity contribution in [2.45, 2.75) is 13.0 Å². The van der Waals surface area contributed by atoms with Crippen LogP contribution in [0.4, 0.5) is 0 Å². The van der Waals surface area contributed by atoms with E-state index in [0.717, 1.165) is 12.2 Å². The highest BCUT2D eigenvalue weighted by atomic mass is 16.5. The van der Waals surface area contributed by atoms with Crippen LogP contribution in [0.15, 0.2) is 43.0 Å². The minimum atomic E-state index is 0.299. The zero-order valence-corrected chi connectivity index (χ0v) is 12.7. The van der Waals surface area contributed by atoms with Crippen molar-refractivity contribution in [1.29, 1.82) is 0 Å². The van der Waals surface area contributed by atoms with E-state index >= 15 is 0 Å². The highest BCUT2D eigenvalue weighted by Crippen LogP contribution is 2.15. The summed E-state index contributed by atoms with van der Waals surface area (Å²) in [6.45, 7) is 4.97. The van der Waals surface area contributed by atoms with Gasteiger partial charge in [0.1, 0.15) is 0 Å². The predicted molar refractivity (Wildman–Crippen MR) is 82.7 cm³/mol. The van der Waals surface area contributed by atoms with Crippen LogP contribution < -0.4 is 5.32 Å². The second kappa shape index (κ2) is 8.56. The zero-order chi connectivity index (χ0) is 14.9. The summed E-state index contributed by atoms with van der Waals surface area (Å²) in [5, 5.41) is 3.45. The van der Waals surface area contributed by atoms with Gasteiger partial charge in [0, 0.05) is 37.8 Å². The molecule has 114 valence electrons. The van der Waals surface area contributed by atoms with E-state index in [-0.39, 0.29) is 0 Å². The molecule has 2 aromatic rings. The summed E-state index contributed by atoms with van der Waals surface area (Å²) in [6.07, 6.45) is 5.52. The second-order valence-electron chi connectivity index (χ2n) is 4.84. The van der Waals surface area contributed by atoms with Crippen molar-refractivity contribution in [3.63, 3.8) is 0 Å². The van der Waals surface area contributed by atoms with Gasteiger partial charge in [-0.3, -0.25) is 0 Å². The van der Waals surface area contributed by atoms with Gasteiger partial charge in [0.15, 0.2) is 0 Å². The summed E-state index contributed by atoms with van der Waals surface area (Å²) in [7, 11) is 1.68. The first kappa shape index (κ1) is 15.7. The van der Waals surface area contributed by atoms with Gasteiger partial charge in [-0.2, -0.15) is 0 Å². The maximum absolute atomic E-state index is 5.43. The molecule has 0 radical (unpaired) electrons. The lowest BCUT2D eigenvalue weighted by Crippen LogP contribution is -2.23. The van der Waals surface area contributed by atoms with Crippen molar-refractivity contribution in [2.24, 2.45) is 0 Å². The van der Waals surface area contributed by atoms with Gasteiger partial charge in [0.2, 0.25) is 0 Å². The molecule has 0 saturated carbocycles. The molecule has 1 unspecified atom stereocenters. The number of benzene rings is 1. The summed E-state index contributed by atoms with van der Waals surface area (Å²) >= 11 is 0. The van der Waals surface area contributed by atoms with Crippen molar-refractivity contribution in [3.05, 3.63) is 48.5 Å². The topological polar surface area (TPSA) is 48.3 Å². The Bertz CT molecular complexity index is 497. The lowest BCUT2D eigenvalue weighted by Gasteiger charge is -2.15. The summed E-state index contributed by atoms with van der Waals surface area (Å²) in [5.74, 6) is 0. The van der Waals surface area contributed by atoms with Crippen molar-refractivity contribution in [1.82, 2.24) is 14.9 Å². The highest BCUT2D eigenvalue weighted by molar-refractivity contribution is 5.35. The molecule has 1 heterocycles. The van der Waals surface area contributed by atoms with Crippen LogP contribution in [0.3, 0.4) is 0 Å². The van der Waals surface area contributed by atoms with E-state index < -0.39 is 0 Å². The van der Waals surface area contributed by atoms with Gasteiger partial charge in [0.05, 0.1) is 26.1 Å². The lowest BCUT2D eigenvalue weighted by atomic mass is 10.1. The lowest BCUT2D eigenvalue weighted by molar-refractivity contribution is 0.0712. The van der Waals surface area contributed by atoms with Gasteiger partial charge in [-0.05, 0) is 24.6 Å². The molecule has 0 saturated heterocycles. The van der Waals surface area contributed by atoms with Gasteiger partial charge in [-0.1, -0.05) is 12.1 Å². The average molecular weight is 289 g/mol. The first-order valence-corrected chi connectivity index (χ1v) is 7.19. The molecule has 0 bridgehead atoms. The Balaban J connectivity index is 1.76. The van der Waals surface area contributed by atoms with E-state index in [4.69, 9.17) is 9.47 Å². The maximum atomic E-state index is 5.43. The monoisotopic (exact) mass is 289 g/mol. The first-order chi connectivity index (χ1) is 10.3. The molecule has 5 nitrogen and oxygen atoms in total. The summed E-state index contributed by atoms with van der Waals surface area (Å²) < 4.78 is 12.4. The van der Waals surface area contributed by atoms with Gasteiger partial charge in [-0.15, -0.1) is 0 Å². The van der Waals surface area contributed by atoms with Gasteiger partial charge < -0.3 is 19.4 Å². The molecule has 1 aromatic carbocycles. The van der Waals surface area contributed by atoms with Crippen LogP contribution in [0.5, 0.6) is 0 Å². The molecule has 1 N–H and O–H groups in total. The molecule has 1 atom stereocenters. The van der Waals surface area contributed by atoms with Crippen molar-refractivity contribution >= 4 is 0 Å². The van der Waals surface area contributed by atoms with Crippen LogP contribution >= 0.6 is 0 Å². The Hall–Kier alpha value is -1.69. The summed E-state index contributed by atoms with van der Waals surface area (Å²) in [6, 6.07) is 8.78. The van der Waals surface area contributed by atoms with Crippen LogP contribution in [-0.4, -0.2) is 43.0 Å². The standard InChI is InChI=1S/C16H23N3O2/c1-14(18-8-10-21-12-11-20-2)15-3-5-16(6-4-15)19-9-7-17-13-19/h3-7,9,13-14,18H,8,10-12H2,1-2H3. The van der Waals surface area contributed by atoms with E-state index in [1.54, 1.807) is 19.6 Å². The molecule has 1 aromatic heterocycles. The molecule has 0 aliphatic carbocycles. The van der Waals surface area contributed by atoms with Crippen LogP contribution in [0.25, 0.3) is 5.69 Å². The van der Waals surface area contributed by atoms with Crippen LogP contribution in [0.1, 0.15) is 18.5 Å². The Labute approximate surface area is 125 Å². The number of hydrogen-bond acceptors (Lipinski definition) is 4. The van der Waals surface area contributed by atoms with Crippen molar-refractivity contribution in [2.75, 3.05) is 33.5 Å². The number of ether oxygens (including phenoxy) is 2. The number of hydrogen-bond donors (Lipinski definition) is 1. The fourth-order valence-electron chi connectivity index (χ4n) is 2.06. The van der Waals surface area contributed by atoms with E-state index in [0.29, 0.717) is 25.9 Å². The number of nitrogens with zero attached hydrogens (tertiary/aromatic N) is 2. The van der Waals surface area contributed by atoms with Gasteiger partial charge in [-0.25, -0.2) is 4.98 Å². The molecule has 2 rings (SSSR count). The molecule has 0 aliphatic heterocycles. The smallest absolute Gasteiger partial charge is 0.0991 e. The SMILES string of the molecule is COCCOCCNC(C)c1ccc(-n2ccnc2)cc1. The largest absolute Gasteiger partial charge is 0.382 e. The molecule has 21 heavy (non-hydrogen) atoms. The fraction of sp³-hybridized carbons (Fsp3) is 0.438. The molecular weight excluding hydrogens is 266 g/mol. The van der Waals surface area contributed by atoms with Gasteiger partial charge >= 0.3 is 0 Å². The number of rotatable bonds is 9. The third kappa shape index (κ3) is 4.97. The normalized spacial score (nSPS) is 12.5. The zero-order valence-electron chi connectivity index (χ0n) is 12.7. The second-order valence-corrected chi connectivity index (χ2v) is 4.84. The highest BCUT2D eigenvalue weighted by Gasteiger charge is 2.04. The first-order valence-electron chi connectivity index (χ1n) is 7.19. The number of imidazole rings is 1. The Morgan fingerprint density at radius 2 is 2.00 bits per heavy atom. The minimum Gasteiger partial charge on any atom is -0.382 e. The molecule has 0 spiro atoms. The third-order valence-corrected chi connectivity index (χ3v) is 3.32. The maximum Gasteiger partial charge on any atom is 0.0991 e. The van der Waals surface area contributed by atoms with Crippen molar-refractivity contribution in [3.8, 4) is 5.69 Å². The Morgan fingerprint density at radius 3 is 2.67 bits per heavy atom. The van der Waals surface area contributed by atoms with E-state index in [1.165, 1.54) is 5.56 Å². The molecule has 0 fully saturated rings. The fourth-order valence-corrected chi connectivity index (χ4v) is 2.06. The molecule has 5 heteroatoms. The number of methoxy groups -OCH3 is 1. The number of nitrogens with one attached hydrogen (secondary N) is 1. The summed E-state index contributed by atoms with van der Waals surface area (Å²) in [4.78, 5) is 4.06. The average Bonchev–Trinajstić information content (AvgIpc) is 3.05. The Morgan fingerprint density at radius 1 is 1.19 bits per heavy atom. The Kier molecular flexibility index (Phi) is 6.40. The van der Waals surface area contributed by atoms with E-state index in [9.17, 15) is 0 Å².